The molecule has 0 heterocycles. The first-order valence-corrected chi connectivity index (χ1v) is 6.67. The van der Waals surface area contributed by atoms with E-state index in [1.54, 1.807) is 0 Å². The molecule has 0 saturated carbocycles. The summed E-state index contributed by atoms with van der Waals surface area (Å²) in [6.07, 6.45) is 0. The van der Waals surface area contributed by atoms with Crippen molar-refractivity contribution in [3.8, 4) is 12.1 Å². The van der Waals surface area contributed by atoms with Crippen LogP contribution in [-0.4, -0.2) is 0 Å². The number of benzene rings is 2. The smallest absolute Gasteiger partial charge is 0.140 e. The molecule has 0 aromatic heterocycles. The predicted molar refractivity (Wildman–Crippen MR) is 78.8 cm³/mol. The Morgan fingerprint density at radius 2 is 1.20 bits per heavy atom. The zero-order valence-electron chi connectivity index (χ0n) is 11.4. The van der Waals surface area contributed by atoms with Gasteiger partial charge in [-0.2, -0.15) is 10.5 Å². The molecule has 2 atom stereocenters. The van der Waals surface area contributed by atoms with Crippen LogP contribution in [0.5, 0.6) is 0 Å². The van der Waals surface area contributed by atoms with E-state index in [1.165, 1.54) is 0 Å². The fourth-order valence-electron chi connectivity index (χ4n) is 2.60. The first-order chi connectivity index (χ1) is 9.77. The van der Waals surface area contributed by atoms with E-state index < -0.39 is 5.92 Å². The SMILES string of the molecule is C[C@H](c1ccccc1)[C@H](c1ccccc1)C(C#N)C#N. The number of nitriles is 2. The van der Waals surface area contributed by atoms with E-state index in [0.717, 1.165) is 11.1 Å². The molecular formula is C18H16N2. The molecule has 0 aliphatic heterocycles. The van der Waals surface area contributed by atoms with Crippen molar-refractivity contribution in [2.75, 3.05) is 0 Å². The topological polar surface area (TPSA) is 47.6 Å². The van der Waals surface area contributed by atoms with E-state index in [4.69, 9.17) is 0 Å². The lowest BCUT2D eigenvalue weighted by Crippen LogP contribution is -2.16. The minimum Gasteiger partial charge on any atom is -0.197 e. The van der Waals surface area contributed by atoms with Crippen molar-refractivity contribution in [1.29, 1.82) is 10.5 Å². The highest BCUT2D eigenvalue weighted by Gasteiger charge is 2.29. The maximum absolute atomic E-state index is 9.28. The molecule has 2 rings (SSSR count). The zero-order chi connectivity index (χ0) is 14.4. The quantitative estimate of drug-likeness (QED) is 0.825. The van der Waals surface area contributed by atoms with Gasteiger partial charge in [0, 0.05) is 5.92 Å². The molecule has 2 aromatic rings. The van der Waals surface area contributed by atoms with Gasteiger partial charge in [-0.15, -0.1) is 0 Å². The minimum atomic E-state index is -0.646. The summed E-state index contributed by atoms with van der Waals surface area (Å²) in [7, 11) is 0. The Labute approximate surface area is 119 Å². The van der Waals surface area contributed by atoms with E-state index in [2.05, 4.69) is 19.1 Å². The molecule has 0 aliphatic carbocycles. The predicted octanol–water partition coefficient (Wildman–Crippen LogP) is 4.24. The maximum Gasteiger partial charge on any atom is 0.140 e. The van der Waals surface area contributed by atoms with Crippen LogP contribution in [0.15, 0.2) is 60.7 Å². The molecule has 0 radical (unpaired) electrons. The normalized spacial score (nSPS) is 13.2. The third kappa shape index (κ3) is 2.87. The van der Waals surface area contributed by atoms with E-state index in [9.17, 15) is 10.5 Å². The summed E-state index contributed by atoms with van der Waals surface area (Å²) in [5, 5.41) is 18.6. The number of nitrogens with zero attached hydrogens (tertiary/aromatic N) is 2. The van der Waals surface area contributed by atoms with Crippen molar-refractivity contribution < 1.29 is 0 Å². The second-order valence-electron chi connectivity index (χ2n) is 4.87. The van der Waals surface area contributed by atoms with Crippen molar-refractivity contribution in [2.24, 2.45) is 5.92 Å². The Morgan fingerprint density at radius 3 is 1.65 bits per heavy atom. The van der Waals surface area contributed by atoms with Crippen LogP contribution in [0, 0.1) is 28.6 Å². The van der Waals surface area contributed by atoms with Gasteiger partial charge in [0.1, 0.15) is 5.92 Å². The van der Waals surface area contributed by atoms with Gasteiger partial charge in [-0.05, 0) is 17.0 Å². The lowest BCUT2D eigenvalue weighted by atomic mass is 9.76. The molecular weight excluding hydrogens is 244 g/mol. The highest BCUT2D eigenvalue weighted by Crippen LogP contribution is 2.37. The van der Waals surface area contributed by atoms with Crippen molar-refractivity contribution in [1.82, 2.24) is 0 Å². The van der Waals surface area contributed by atoms with Gasteiger partial charge >= 0.3 is 0 Å². The number of hydrogen-bond acceptors (Lipinski definition) is 2. The van der Waals surface area contributed by atoms with Crippen LogP contribution in [0.3, 0.4) is 0 Å². The van der Waals surface area contributed by atoms with E-state index in [-0.39, 0.29) is 11.8 Å². The van der Waals surface area contributed by atoms with Crippen LogP contribution in [0.1, 0.15) is 29.9 Å². The largest absolute Gasteiger partial charge is 0.197 e. The third-order valence-corrected chi connectivity index (χ3v) is 3.69. The summed E-state index contributed by atoms with van der Waals surface area (Å²) < 4.78 is 0. The van der Waals surface area contributed by atoms with Gasteiger partial charge in [-0.25, -0.2) is 0 Å². The molecule has 98 valence electrons. The molecule has 0 spiro atoms. The molecule has 2 nitrogen and oxygen atoms in total. The van der Waals surface area contributed by atoms with E-state index in [1.807, 2.05) is 60.7 Å². The maximum atomic E-state index is 9.28. The second kappa shape index (κ2) is 6.55. The van der Waals surface area contributed by atoms with Crippen LogP contribution in [-0.2, 0) is 0 Å². The van der Waals surface area contributed by atoms with E-state index >= 15 is 0 Å². The highest BCUT2D eigenvalue weighted by molar-refractivity contribution is 5.32. The lowest BCUT2D eigenvalue weighted by Gasteiger charge is -2.25. The van der Waals surface area contributed by atoms with Gasteiger partial charge in [0.2, 0.25) is 0 Å². The summed E-state index contributed by atoms with van der Waals surface area (Å²) in [4.78, 5) is 0. The first-order valence-electron chi connectivity index (χ1n) is 6.67. The first kappa shape index (κ1) is 13.8. The molecule has 0 N–H and O–H groups in total. The van der Waals surface area contributed by atoms with Gasteiger partial charge < -0.3 is 0 Å². The van der Waals surface area contributed by atoms with Crippen molar-refractivity contribution in [2.45, 2.75) is 18.8 Å². The Hall–Kier alpha value is -2.58. The standard InChI is InChI=1S/C18H16N2/c1-14(15-8-4-2-5-9-15)18(17(12-19)13-20)16-10-6-3-7-11-16/h2-11,14,17-18H,1H3/t14-,18-/m1/s1. The molecule has 0 bridgehead atoms. The van der Waals surface area contributed by atoms with Crippen LogP contribution in [0.25, 0.3) is 0 Å². The summed E-state index contributed by atoms with van der Waals surface area (Å²) >= 11 is 0. The molecule has 0 amide bonds. The van der Waals surface area contributed by atoms with Crippen molar-refractivity contribution >= 4 is 0 Å². The summed E-state index contributed by atoms with van der Waals surface area (Å²) in [5.74, 6) is -0.649. The third-order valence-electron chi connectivity index (χ3n) is 3.69. The Morgan fingerprint density at radius 1 is 0.750 bits per heavy atom. The highest BCUT2D eigenvalue weighted by atomic mass is 14.4. The zero-order valence-corrected chi connectivity index (χ0v) is 11.4. The summed E-state index contributed by atoms with van der Waals surface area (Å²) in [6, 6.07) is 24.2. The van der Waals surface area contributed by atoms with Gasteiger partial charge in [0.15, 0.2) is 0 Å². The monoisotopic (exact) mass is 260 g/mol. The molecule has 0 saturated heterocycles. The molecule has 2 aromatic carbocycles. The Kier molecular flexibility index (Phi) is 4.53. The lowest BCUT2D eigenvalue weighted by molar-refractivity contribution is 0.521. The van der Waals surface area contributed by atoms with Crippen LogP contribution in [0.4, 0.5) is 0 Å². The van der Waals surface area contributed by atoms with Crippen LogP contribution >= 0.6 is 0 Å². The van der Waals surface area contributed by atoms with Gasteiger partial charge in [0.05, 0.1) is 12.1 Å². The number of hydrogen-bond donors (Lipinski definition) is 0. The molecule has 20 heavy (non-hydrogen) atoms. The van der Waals surface area contributed by atoms with Crippen LogP contribution in [0.2, 0.25) is 0 Å². The fraction of sp³-hybridized carbons (Fsp3) is 0.222. The van der Waals surface area contributed by atoms with E-state index in [0.29, 0.717) is 0 Å². The molecule has 0 fully saturated rings. The minimum absolute atomic E-state index is 0.114. The Bertz CT molecular complexity index is 606. The van der Waals surface area contributed by atoms with Gasteiger partial charge in [-0.3, -0.25) is 0 Å². The molecule has 2 heteroatoms. The second-order valence-corrected chi connectivity index (χ2v) is 4.87. The summed E-state index contributed by atoms with van der Waals surface area (Å²) in [5.41, 5.74) is 2.19. The van der Waals surface area contributed by atoms with Gasteiger partial charge in [-0.1, -0.05) is 67.6 Å². The van der Waals surface area contributed by atoms with Crippen molar-refractivity contribution in [3.05, 3.63) is 71.8 Å². The average molecular weight is 260 g/mol. The molecule has 0 unspecified atom stereocenters. The fourth-order valence-corrected chi connectivity index (χ4v) is 2.60. The van der Waals surface area contributed by atoms with Crippen LogP contribution < -0.4 is 0 Å². The average Bonchev–Trinajstić information content (AvgIpc) is 2.53. The van der Waals surface area contributed by atoms with Gasteiger partial charge in [0.25, 0.3) is 0 Å². The summed E-state index contributed by atoms with van der Waals surface area (Å²) in [6.45, 7) is 2.08. The Balaban J connectivity index is 2.43. The van der Waals surface area contributed by atoms with Crippen molar-refractivity contribution in [3.63, 3.8) is 0 Å². The number of rotatable bonds is 4. The molecule has 0 aliphatic rings.